The number of alkyl halides is 3. The summed E-state index contributed by atoms with van der Waals surface area (Å²) in [7, 11) is 0. The lowest BCUT2D eigenvalue weighted by Crippen LogP contribution is -2.26. The maximum Gasteiger partial charge on any atom is 0.416 e. The van der Waals surface area contributed by atoms with E-state index in [0.29, 0.717) is 12.1 Å². The Morgan fingerprint density at radius 1 is 0.950 bits per heavy atom. The fraction of sp³-hybridized carbons (Fsp3) is 0.200. The van der Waals surface area contributed by atoms with Crippen molar-refractivity contribution < 1.29 is 13.2 Å². The Balaban J connectivity index is 1.88. The highest BCUT2D eigenvalue weighted by Gasteiger charge is 2.31. The molecule has 104 valence electrons. The zero-order valence-electron chi connectivity index (χ0n) is 10.5. The number of anilines is 2. The summed E-state index contributed by atoms with van der Waals surface area (Å²) in [6.45, 7) is 0.554. The van der Waals surface area contributed by atoms with E-state index in [-0.39, 0.29) is 6.04 Å². The van der Waals surface area contributed by atoms with Crippen molar-refractivity contribution in [3.63, 3.8) is 0 Å². The second kappa shape index (κ2) is 4.74. The minimum absolute atomic E-state index is 0.174. The Morgan fingerprint density at radius 3 is 2.45 bits per heavy atom. The van der Waals surface area contributed by atoms with Gasteiger partial charge in [0.05, 0.1) is 23.0 Å². The fourth-order valence-electron chi connectivity index (χ4n) is 2.35. The second-order valence-corrected chi connectivity index (χ2v) is 4.75. The van der Waals surface area contributed by atoms with Crippen molar-refractivity contribution in [1.82, 2.24) is 0 Å². The summed E-state index contributed by atoms with van der Waals surface area (Å²) in [5.41, 5.74) is 1.88. The third-order valence-corrected chi connectivity index (χ3v) is 3.37. The van der Waals surface area contributed by atoms with Gasteiger partial charge in [0.25, 0.3) is 0 Å². The van der Waals surface area contributed by atoms with Gasteiger partial charge in [0.1, 0.15) is 0 Å². The molecule has 0 bridgehead atoms. The second-order valence-electron chi connectivity index (χ2n) is 4.75. The van der Waals surface area contributed by atoms with Gasteiger partial charge in [-0.15, -0.1) is 0 Å². The van der Waals surface area contributed by atoms with Gasteiger partial charge in [0.15, 0.2) is 0 Å². The van der Waals surface area contributed by atoms with Crippen LogP contribution in [0.15, 0.2) is 48.5 Å². The molecule has 2 aromatic rings. The smallest absolute Gasteiger partial charge is 0.381 e. The van der Waals surface area contributed by atoms with Crippen LogP contribution in [0.5, 0.6) is 0 Å². The quantitative estimate of drug-likeness (QED) is 0.813. The third kappa shape index (κ3) is 2.43. The Kier molecular flexibility index (Phi) is 3.04. The summed E-state index contributed by atoms with van der Waals surface area (Å²) >= 11 is 0. The van der Waals surface area contributed by atoms with E-state index < -0.39 is 11.7 Å². The van der Waals surface area contributed by atoms with Crippen molar-refractivity contribution in [1.29, 1.82) is 0 Å². The van der Waals surface area contributed by atoms with Gasteiger partial charge < -0.3 is 10.6 Å². The molecule has 0 aromatic heterocycles. The first-order valence-corrected chi connectivity index (χ1v) is 6.30. The van der Waals surface area contributed by atoms with Crippen molar-refractivity contribution in [2.75, 3.05) is 17.2 Å². The van der Waals surface area contributed by atoms with Crippen molar-refractivity contribution >= 4 is 11.4 Å². The van der Waals surface area contributed by atoms with Crippen LogP contribution in [-0.2, 0) is 6.18 Å². The lowest BCUT2D eigenvalue weighted by Gasteiger charge is -2.29. The van der Waals surface area contributed by atoms with Gasteiger partial charge in [-0.1, -0.05) is 24.3 Å². The van der Waals surface area contributed by atoms with Crippen molar-refractivity contribution in [3.8, 4) is 0 Å². The molecule has 1 aliphatic rings. The van der Waals surface area contributed by atoms with Crippen LogP contribution < -0.4 is 10.6 Å². The van der Waals surface area contributed by atoms with Crippen molar-refractivity contribution in [2.45, 2.75) is 12.2 Å². The SMILES string of the molecule is FC(F)(F)c1cccc(C2CNc3ccccc3N2)c1. The molecule has 1 heterocycles. The molecule has 0 radical (unpaired) electrons. The first-order valence-electron chi connectivity index (χ1n) is 6.30. The lowest BCUT2D eigenvalue weighted by atomic mass is 10.0. The van der Waals surface area contributed by atoms with Crippen LogP contribution >= 0.6 is 0 Å². The predicted molar refractivity (Wildman–Crippen MR) is 72.7 cm³/mol. The Labute approximate surface area is 114 Å². The number of fused-ring (bicyclic) bond motifs is 1. The molecule has 1 aliphatic heterocycles. The van der Waals surface area contributed by atoms with E-state index >= 15 is 0 Å². The molecular weight excluding hydrogens is 265 g/mol. The van der Waals surface area contributed by atoms with Crippen LogP contribution in [0.25, 0.3) is 0 Å². The predicted octanol–water partition coefficient (Wildman–Crippen LogP) is 4.28. The van der Waals surface area contributed by atoms with Crippen LogP contribution in [0.4, 0.5) is 24.5 Å². The molecule has 1 atom stereocenters. The maximum absolute atomic E-state index is 12.7. The molecule has 5 heteroatoms. The summed E-state index contributed by atoms with van der Waals surface area (Å²) in [5, 5.41) is 6.49. The highest BCUT2D eigenvalue weighted by molar-refractivity contribution is 5.71. The average Bonchev–Trinajstić information content (AvgIpc) is 2.46. The van der Waals surface area contributed by atoms with Gasteiger partial charge in [-0.2, -0.15) is 13.2 Å². The maximum atomic E-state index is 12.7. The highest BCUT2D eigenvalue weighted by atomic mass is 19.4. The van der Waals surface area contributed by atoms with E-state index in [1.54, 1.807) is 6.07 Å². The topological polar surface area (TPSA) is 24.1 Å². The average molecular weight is 278 g/mol. The first-order chi connectivity index (χ1) is 9.54. The molecule has 3 rings (SSSR count). The molecule has 2 N–H and O–H groups in total. The van der Waals surface area contributed by atoms with Gasteiger partial charge in [-0.05, 0) is 29.8 Å². The summed E-state index contributed by atoms with van der Waals surface area (Å²) < 4.78 is 38.2. The van der Waals surface area contributed by atoms with E-state index in [0.717, 1.165) is 17.4 Å². The molecule has 0 saturated heterocycles. The van der Waals surface area contributed by atoms with Crippen LogP contribution in [0.3, 0.4) is 0 Å². The number of benzene rings is 2. The van der Waals surface area contributed by atoms with E-state index in [1.807, 2.05) is 24.3 Å². The van der Waals surface area contributed by atoms with Crippen molar-refractivity contribution in [2.24, 2.45) is 0 Å². The molecule has 20 heavy (non-hydrogen) atoms. The zero-order valence-corrected chi connectivity index (χ0v) is 10.5. The summed E-state index contributed by atoms with van der Waals surface area (Å²) in [6, 6.07) is 12.9. The number of halogens is 3. The minimum atomic E-state index is -4.31. The molecule has 0 spiro atoms. The van der Waals surface area contributed by atoms with Crippen LogP contribution in [0.2, 0.25) is 0 Å². The fourth-order valence-corrected chi connectivity index (χ4v) is 2.35. The molecule has 0 aliphatic carbocycles. The van der Waals surface area contributed by atoms with E-state index in [9.17, 15) is 13.2 Å². The van der Waals surface area contributed by atoms with Crippen LogP contribution in [0.1, 0.15) is 17.2 Å². The minimum Gasteiger partial charge on any atom is -0.381 e. The molecule has 0 amide bonds. The third-order valence-electron chi connectivity index (χ3n) is 3.37. The molecular formula is C15H13F3N2. The van der Waals surface area contributed by atoms with Gasteiger partial charge >= 0.3 is 6.18 Å². The van der Waals surface area contributed by atoms with E-state index in [4.69, 9.17) is 0 Å². The number of hydrogen-bond donors (Lipinski definition) is 2. The Hall–Kier alpha value is -2.17. The highest BCUT2D eigenvalue weighted by Crippen LogP contribution is 2.34. The largest absolute Gasteiger partial charge is 0.416 e. The monoisotopic (exact) mass is 278 g/mol. The zero-order chi connectivity index (χ0) is 14.2. The summed E-state index contributed by atoms with van der Waals surface area (Å²) in [6.07, 6.45) is -4.31. The summed E-state index contributed by atoms with van der Waals surface area (Å²) in [4.78, 5) is 0. The van der Waals surface area contributed by atoms with Crippen LogP contribution in [0, 0.1) is 0 Å². The Bertz CT molecular complexity index is 623. The standard InChI is InChI=1S/C15H13F3N2/c16-15(17,18)11-5-3-4-10(8-11)14-9-19-12-6-1-2-7-13(12)20-14/h1-8,14,19-20H,9H2. The van der Waals surface area contributed by atoms with Gasteiger partial charge in [-0.3, -0.25) is 0 Å². The number of hydrogen-bond acceptors (Lipinski definition) is 2. The number of para-hydroxylation sites is 2. The first kappa shape index (κ1) is 12.8. The molecule has 1 unspecified atom stereocenters. The van der Waals surface area contributed by atoms with Gasteiger partial charge in [-0.25, -0.2) is 0 Å². The van der Waals surface area contributed by atoms with Gasteiger partial charge in [0, 0.05) is 6.54 Å². The molecule has 0 saturated carbocycles. The van der Waals surface area contributed by atoms with E-state index in [1.165, 1.54) is 12.1 Å². The normalized spacial score (nSPS) is 17.9. The van der Waals surface area contributed by atoms with E-state index in [2.05, 4.69) is 10.6 Å². The molecule has 2 nitrogen and oxygen atoms in total. The van der Waals surface area contributed by atoms with Crippen LogP contribution in [-0.4, -0.2) is 6.54 Å². The molecule has 2 aromatic carbocycles. The van der Waals surface area contributed by atoms with Gasteiger partial charge in [0.2, 0.25) is 0 Å². The lowest BCUT2D eigenvalue weighted by molar-refractivity contribution is -0.137. The number of rotatable bonds is 1. The Morgan fingerprint density at radius 2 is 1.70 bits per heavy atom. The molecule has 0 fully saturated rings. The summed E-state index contributed by atoms with van der Waals surface area (Å²) in [5.74, 6) is 0. The van der Waals surface area contributed by atoms with Crippen molar-refractivity contribution in [3.05, 3.63) is 59.7 Å². The number of nitrogens with one attached hydrogen (secondary N) is 2.